The number of ether oxygens (including phenoxy) is 4. The molecule has 0 saturated heterocycles. The SMILES string of the molecule is CC(C)(C)Oc1ccc(N(c2ccc(OC(C)(C)C)cc2)c2cc(C(=O)Sc3ccc(C(F)(F)F)cc3)c(N(c3ccc(OC(C)(C)C)cc3)c3ccc(OC(C)(C)C)cc3)cc2C(=O)Sc2ccc(C(F)(F)F)cc2)cc1. The molecule has 16 heteroatoms. The van der Waals surface area contributed by atoms with Gasteiger partial charge < -0.3 is 28.7 Å². The predicted octanol–water partition coefficient (Wildman–Crippen LogP) is 19.2. The largest absolute Gasteiger partial charge is 0.488 e. The molecule has 78 heavy (non-hydrogen) atoms. The summed E-state index contributed by atoms with van der Waals surface area (Å²) in [5, 5.41) is -1.21. The number of alkyl halides is 6. The highest BCUT2D eigenvalue weighted by atomic mass is 32.2. The van der Waals surface area contributed by atoms with Crippen molar-refractivity contribution >= 4 is 67.9 Å². The lowest BCUT2D eigenvalue weighted by Crippen LogP contribution is -2.23. The van der Waals surface area contributed by atoms with Crippen LogP contribution in [-0.4, -0.2) is 32.6 Å². The van der Waals surface area contributed by atoms with Gasteiger partial charge in [-0.2, -0.15) is 26.3 Å². The summed E-state index contributed by atoms with van der Waals surface area (Å²) < 4.78 is 108. The first kappa shape index (κ1) is 58.6. The molecular formula is C62H62F6N2O6S2. The monoisotopic (exact) mass is 1110 g/mol. The molecule has 0 radical (unpaired) electrons. The molecule has 7 aromatic carbocycles. The standard InChI is InChI=1S/C62H62F6N2O6S2/c1-57(2,3)73-45-25-17-41(18-26-45)69(42-19-27-46(28-20-42)74-58(4,5)6)53-37-52(56(72)78-50-35-15-40(16-36-50)62(66,67)68)54(38-51(53)55(71)77-49-33-13-39(14-34-49)61(63,64)65)70(43-21-29-47(30-22-43)75-59(7,8)9)44-23-31-48(32-24-44)76-60(10,11)12/h13-38H,1-12H3. The Morgan fingerprint density at radius 3 is 0.756 bits per heavy atom. The summed E-state index contributed by atoms with van der Waals surface area (Å²) in [4.78, 5) is 34.8. The maximum Gasteiger partial charge on any atom is 0.416 e. The van der Waals surface area contributed by atoms with Gasteiger partial charge in [-0.15, -0.1) is 0 Å². The zero-order chi connectivity index (χ0) is 57.2. The van der Waals surface area contributed by atoms with Gasteiger partial charge in [0.05, 0.1) is 33.6 Å². The van der Waals surface area contributed by atoms with Crippen LogP contribution in [0.4, 0.5) is 60.5 Å². The minimum atomic E-state index is -4.63. The Morgan fingerprint density at radius 1 is 0.346 bits per heavy atom. The van der Waals surface area contributed by atoms with Crippen LogP contribution < -0.4 is 28.7 Å². The summed E-state index contributed by atoms with van der Waals surface area (Å²) in [7, 11) is 0. The summed E-state index contributed by atoms with van der Waals surface area (Å²) in [5.74, 6) is 2.17. The molecule has 0 spiro atoms. The van der Waals surface area contributed by atoms with Gasteiger partial charge in [0.25, 0.3) is 0 Å². The second-order valence-electron chi connectivity index (χ2n) is 22.2. The lowest BCUT2D eigenvalue weighted by Gasteiger charge is -2.32. The van der Waals surface area contributed by atoms with Crippen molar-refractivity contribution in [2.45, 2.75) is 128 Å². The summed E-state index contributed by atoms with van der Waals surface area (Å²) >= 11 is 1.39. The number of rotatable bonds is 14. The number of thioether (sulfide) groups is 2. The van der Waals surface area contributed by atoms with E-state index < -0.39 is 56.1 Å². The maximum atomic E-state index is 15.4. The summed E-state index contributed by atoms with van der Waals surface area (Å²) in [6.07, 6.45) is -9.26. The van der Waals surface area contributed by atoms with Gasteiger partial charge in [0.2, 0.25) is 10.2 Å². The Labute approximate surface area is 461 Å². The topological polar surface area (TPSA) is 77.5 Å². The van der Waals surface area contributed by atoms with Crippen LogP contribution in [0.5, 0.6) is 23.0 Å². The molecule has 0 aliphatic carbocycles. The van der Waals surface area contributed by atoms with Crippen molar-refractivity contribution in [3.8, 4) is 23.0 Å². The molecule has 0 atom stereocenters. The number of hydrogen-bond acceptors (Lipinski definition) is 10. The third kappa shape index (κ3) is 16.0. The Morgan fingerprint density at radius 2 is 0.564 bits per heavy atom. The van der Waals surface area contributed by atoms with Gasteiger partial charge in [0.15, 0.2) is 0 Å². The molecule has 0 saturated carbocycles. The highest BCUT2D eigenvalue weighted by Gasteiger charge is 2.33. The van der Waals surface area contributed by atoms with Gasteiger partial charge in [-0.3, -0.25) is 9.59 Å². The number of halogens is 6. The number of carbonyl (C=O) groups is 2. The van der Waals surface area contributed by atoms with E-state index in [4.69, 9.17) is 18.9 Å². The molecule has 0 aromatic heterocycles. The minimum absolute atomic E-state index is 0.0291. The quantitative estimate of drug-likeness (QED) is 0.0776. The van der Waals surface area contributed by atoms with E-state index in [1.54, 1.807) is 119 Å². The first-order valence-electron chi connectivity index (χ1n) is 24.9. The zero-order valence-corrected chi connectivity index (χ0v) is 47.1. The minimum Gasteiger partial charge on any atom is -0.488 e. The molecule has 0 heterocycles. The molecular weight excluding hydrogens is 1050 g/mol. The summed E-state index contributed by atoms with van der Waals surface area (Å²) in [6.45, 7) is 22.9. The average molecular weight is 1110 g/mol. The molecule has 0 aliphatic heterocycles. The van der Waals surface area contributed by atoms with Gasteiger partial charge in [0, 0.05) is 32.5 Å². The molecule has 0 fully saturated rings. The van der Waals surface area contributed by atoms with E-state index in [0.29, 0.717) is 69.3 Å². The molecule has 410 valence electrons. The van der Waals surface area contributed by atoms with Crippen molar-refractivity contribution in [3.05, 3.63) is 180 Å². The van der Waals surface area contributed by atoms with Crippen LogP contribution in [0, 0.1) is 0 Å². The van der Waals surface area contributed by atoms with Crippen molar-refractivity contribution in [3.63, 3.8) is 0 Å². The van der Waals surface area contributed by atoms with Gasteiger partial charge in [-0.05, 0) is 264 Å². The smallest absolute Gasteiger partial charge is 0.416 e. The average Bonchev–Trinajstić information content (AvgIpc) is 3.36. The van der Waals surface area contributed by atoms with Crippen molar-refractivity contribution in [2.24, 2.45) is 0 Å². The van der Waals surface area contributed by atoms with Crippen LogP contribution in [0.15, 0.2) is 168 Å². The van der Waals surface area contributed by atoms with E-state index in [9.17, 15) is 26.3 Å². The molecule has 8 nitrogen and oxygen atoms in total. The predicted molar refractivity (Wildman–Crippen MR) is 301 cm³/mol. The van der Waals surface area contributed by atoms with Gasteiger partial charge in [-0.25, -0.2) is 0 Å². The summed E-state index contributed by atoms with van der Waals surface area (Å²) in [5.41, 5.74) is -1.55. The number of benzene rings is 7. The number of hydrogen-bond donors (Lipinski definition) is 0. The lowest BCUT2D eigenvalue weighted by atomic mass is 10.0. The van der Waals surface area contributed by atoms with Gasteiger partial charge in [-0.1, -0.05) is 0 Å². The van der Waals surface area contributed by atoms with Crippen molar-refractivity contribution in [1.82, 2.24) is 0 Å². The van der Waals surface area contributed by atoms with E-state index in [2.05, 4.69) is 0 Å². The van der Waals surface area contributed by atoms with E-state index in [1.807, 2.05) is 83.1 Å². The second-order valence-corrected chi connectivity index (χ2v) is 24.3. The van der Waals surface area contributed by atoms with Gasteiger partial charge in [0.1, 0.15) is 45.4 Å². The normalized spacial score (nSPS) is 12.4. The molecule has 0 N–H and O–H groups in total. The Bertz CT molecular complexity index is 2860. The molecule has 0 amide bonds. The van der Waals surface area contributed by atoms with Crippen LogP contribution in [0.25, 0.3) is 0 Å². The number of nitrogens with zero attached hydrogens (tertiary/aromatic N) is 2. The highest BCUT2D eigenvalue weighted by molar-refractivity contribution is 8.14. The Hall–Kier alpha value is -7.04. The fourth-order valence-corrected chi connectivity index (χ4v) is 9.46. The zero-order valence-electron chi connectivity index (χ0n) is 45.4. The first-order chi connectivity index (χ1) is 36.2. The second kappa shape index (κ2) is 22.7. The van der Waals surface area contributed by atoms with Crippen LogP contribution in [0.2, 0.25) is 0 Å². The van der Waals surface area contributed by atoms with Crippen LogP contribution >= 0.6 is 23.5 Å². The first-order valence-corrected chi connectivity index (χ1v) is 26.5. The molecule has 0 unspecified atom stereocenters. The highest BCUT2D eigenvalue weighted by Crippen LogP contribution is 2.48. The third-order valence-corrected chi connectivity index (χ3v) is 12.7. The molecule has 7 aromatic rings. The lowest BCUT2D eigenvalue weighted by molar-refractivity contribution is -0.138. The number of anilines is 6. The summed E-state index contributed by atoms with van der Waals surface area (Å²) in [6, 6.07) is 40.1. The number of carbonyl (C=O) groups excluding carboxylic acids is 2. The van der Waals surface area contributed by atoms with Crippen molar-refractivity contribution in [1.29, 1.82) is 0 Å². The fourth-order valence-electron chi connectivity index (χ4n) is 7.94. The van der Waals surface area contributed by atoms with Gasteiger partial charge >= 0.3 is 12.4 Å². The van der Waals surface area contributed by atoms with E-state index >= 15 is 9.59 Å². The van der Waals surface area contributed by atoms with E-state index in [1.165, 1.54) is 24.3 Å². The molecule has 0 aliphatic rings. The van der Waals surface area contributed by atoms with Crippen molar-refractivity contribution in [2.75, 3.05) is 9.80 Å². The molecule has 0 bridgehead atoms. The van der Waals surface area contributed by atoms with E-state index in [-0.39, 0.29) is 32.3 Å². The Balaban J connectivity index is 1.55. The van der Waals surface area contributed by atoms with Crippen LogP contribution in [0.3, 0.4) is 0 Å². The Kier molecular flexibility index (Phi) is 17.1. The molecule has 7 rings (SSSR count). The van der Waals surface area contributed by atoms with E-state index in [0.717, 1.165) is 24.3 Å². The van der Waals surface area contributed by atoms with Crippen LogP contribution in [-0.2, 0) is 12.4 Å². The fraction of sp³-hybridized carbons (Fsp3) is 0.290. The third-order valence-electron chi connectivity index (χ3n) is 10.9. The van der Waals surface area contributed by atoms with Crippen molar-refractivity contribution < 1.29 is 54.9 Å². The maximum absolute atomic E-state index is 15.4. The van der Waals surface area contributed by atoms with Crippen LogP contribution in [0.1, 0.15) is 115 Å².